The average Bonchev–Trinajstić information content (AvgIpc) is 3.36. The Morgan fingerprint density at radius 3 is 2.23 bits per heavy atom. The summed E-state index contributed by atoms with van der Waals surface area (Å²) < 4.78 is 3.86. The first-order chi connectivity index (χ1) is 14.8. The topological polar surface area (TPSA) is 85.4 Å². The zero-order chi connectivity index (χ0) is 22.0. The number of amides is 2. The highest BCUT2D eigenvalue weighted by molar-refractivity contribution is 6.21. The monoisotopic (exact) mass is 416 g/mol. The third kappa shape index (κ3) is 2.71. The molecule has 3 aromatic heterocycles. The van der Waals surface area contributed by atoms with Crippen LogP contribution >= 0.6 is 0 Å². The van der Waals surface area contributed by atoms with Crippen LogP contribution in [-0.4, -0.2) is 40.9 Å². The lowest BCUT2D eigenvalue weighted by atomic mass is 10.1. The second-order valence-corrected chi connectivity index (χ2v) is 8.60. The first-order valence-electron chi connectivity index (χ1n) is 10.5. The van der Waals surface area contributed by atoms with Gasteiger partial charge in [-0.15, -0.1) is 5.10 Å². The Morgan fingerprint density at radius 1 is 0.968 bits per heavy atom. The number of aryl methyl sites for hydroxylation is 1. The minimum Gasteiger partial charge on any atom is -0.329 e. The van der Waals surface area contributed by atoms with Crippen molar-refractivity contribution in [2.45, 2.75) is 47.2 Å². The molecule has 4 aromatic rings. The summed E-state index contributed by atoms with van der Waals surface area (Å²) in [5.74, 6) is 0.266. The fraction of sp³-hybridized carbons (Fsp3) is 0.348. The van der Waals surface area contributed by atoms with Crippen molar-refractivity contribution in [1.82, 2.24) is 29.0 Å². The number of imide groups is 1. The van der Waals surface area contributed by atoms with Crippen LogP contribution in [0.3, 0.4) is 0 Å². The quantitative estimate of drug-likeness (QED) is 0.474. The van der Waals surface area contributed by atoms with Gasteiger partial charge < -0.3 is 4.57 Å². The summed E-state index contributed by atoms with van der Waals surface area (Å²) in [6.45, 7) is 11.2. The number of fused-ring (bicyclic) bond motifs is 4. The van der Waals surface area contributed by atoms with Crippen LogP contribution in [0.5, 0.6) is 0 Å². The fourth-order valence-corrected chi connectivity index (χ4v) is 4.39. The Balaban J connectivity index is 1.62. The molecular weight excluding hydrogens is 392 g/mol. The number of rotatable bonds is 4. The van der Waals surface area contributed by atoms with Crippen LogP contribution in [0, 0.1) is 19.8 Å². The van der Waals surface area contributed by atoms with Gasteiger partial charge in [-0.3, -0.25) is 14.5 Å². The minimum absolute atomic E-state index is 0.315. The zero-order valence-electron chi connectivity index (χ0n) is 18.2. The van der Waals surface area contributed by atoms with Crippen LogP contribution in [0.2, 0.25) is 0 Å². The molecule has 0 N–H and O–H groups in total. The molecule has 31 heavy (non-hydrogen) atoms. The lowest BCUT2D eigenvalue weighted by molar-refractivity contribution is 0.0589. The van der Waals surface area contributed by atoms with Gasteiger partial charge in [0.2, 0.25) is 0 Å². The van der Waals surface area contributed by atoms with Crippen molar-refractivity contribution in [3.8, 4) is 0 Å². The Labute approximate surface area is 179 Å². The maximum Gasteiger partial charge on any atom is 0.262 e. The largest absolute Gasteiger partial charge is 0.329 e. The Kier molecular flexibility index (Phi) is 4.22. The van der Waals surface area contributed by atoms with Crippen LogP contribution in [-0.2, 0) is 6.54 Å². The number of aromatic nitrogens is 5. The predicted molar refractivity (Wildman–Crippen MR) is 116 cm³/mol. The first kappa shape index (κ1) is 19.4. The lowest BCUT2D eigenvalue weighted by Crippen LogP contribution is -2.33. The molecule has 1 aliphatic rings. The Morgan fingerprint density at radius 2 is 1.61 bits per heavy atom. The van der Waals surface area contributed by atoms with E-state index in [9.17, 15) is 9.59 Å². The van der Waals surface area contributed by atoms with E-state index in [2.05, 4.69) is 42.3 Å². The van der Waals surface area contributed by atoms with E-state index in [1.165, 1.54) is 4.90 Å². The molecule has 158 valence electrons. The molecule has 0 aliphatic carbocycles. The fourth-order valence-electron chi connectivity index (χ4n) is 4.39. The number of carbonyl (C=O) groups excluding carboxylic acids is 2. The molecule has 0 saturated heterocycles. The van der Waals surface area contributed by atoms with E-state index in [-0.39, 0.29) is 11.8 Å². The first-order valence-corrected chi connectivity index (χ1v) is 10.5. The standard InChI is InChI=1S/C23H24N6O2/c1-12(2)10-27-14(4)13(3)18-20(27)24-11-28-21(18)25-19(26-28)15(5)29-22(30)16-8-6-7-9-17(16)23(29)31/h6-9,11-12,15H,10H2,1-5H3/t15-/m1/s1. The molecule has 0 spiro atoms. The molecule has 1 aromatic carbocycles. The van der Waals surface area contributed by atoms with Gasteiger partial charge in [0.1, 0.15) is 12.0 Å². The van der Waals surface area contributed by atoms with Gasteiger partial charge in [0, 0.05) is 12.2 Å². The van der Waals surface area contributed by atoms with E-state index < -0.39 is 6.04 Å². The Bertz CT molecular complexity index is 1340. The van der Waals surface area contributed by atoms with Crippen LogP contribution in [0.4, 0.5) is 0 Å². The summed E-state index contributed by atoms with van der Waals surface area (Å²) in [4.78, 5) is 36.4. The van der Waals surface area contributed by atoms with Crippen LogP contribution in [0.25, 0.3) is 16.7 Å². The maximum absolute atomic E-state index is 12.9. The average molecular weight is 416 g/mol. The molecule has 0 bridgehead atoms. The lowest BCUT2D eigenvalue weighted by Gasteiger charge is -2.19. The Hall–Kier alpha value is -3.55. The molecule has 0 radical (unpaired) electrons. The highest BCUT2D eigenvalue weighted by Crippen LogP contribution is 2.32. The van der Waals surface area contributed by atoms with Crippen LogP contribution in [0.15, 0.2) is 30.6 Å². The molecule has 0 fully saturated rings. The maximum atomic E-state index is 12.9. The van der Waals surface area contributed by atoms with Gasteiger partial charge in [-0.25, -0.2) is 14.5 Å². The third-order valence-electron chi connectivity index (χ3n) is 6.10. The molecule has 4 heterocycles. The van der Waals surface area contributed by atoms with E-state index in [4.69, 9.17) is 4.98 Å². The van der Waals surface area contributed by atoms with Gasteiger partial charge >= 0.3 is 0 Å². The van der Waals surface area contributed by atoms with Crippen molar-refractivity contribution in [3.63, 3.8) is 0 Å². The molecule has 8 heteroatoms. The number of hydrogen-bond acceptors (Lipinski definition) is 5. The highest BCUT2D eigenvalue weighted by Gasteiger charge is 2.40. The summed E-state index contributed by atoms with van der Waals surface area (Å²) in [6.07, 6.45) is 1.65. The van der Waals surface area contributed by atoms with Gasteiger partial charge in [-0.05, 0) is 44.4 Å². The number of hydrogen-bond donors (Lipinski definition) is 0. The second-order valence-electron chi connectivity index (χ2n) is 8.60. The van der Waals surface area contributed by atoms with Crippen molar-refractivity contribution in [3.05, 3.63) is 58.8 Å². The molecule has 1 aliphatic heterocycles. The predicted octanol–water partition coefficient (Wildman–Crippen LogP) is 3.71. The van der Waals surface area contributed by atoms with Crippen molar-refractivity contribution < 1.29 is 9.59 Å². The molecule has 5 rings (SSSR count). The number of nitrogens with zero attached hydrogens (tertiary/aromatic N) is 6. The van der Waals surface area contributed by atoms with Crippen molar-refractivity contribution >= 4 is 28.5 Å². The smallest absolute Gasteiger partial charge is 0.262 e. The molecule has 1 atom stereocenters. The summed E-state index contributed by atoms with van der Waals surface area (Å²) in [7, 11) is 0. The van der Waals surface area contributed by atoms with Crippen LogP contribution < -0.4 is 0 Å². The van der Waals surface area contributed by atoms with Gasteiger partial charge in [-0.1, -0.05) is 26.0 Å². The molecule has 0 unspecified atom stereocenters. The minimum atomic E-state index is -0.596. The van der Waals surface area contributed by atoms with Gasteiger partial charge in [0.05, 0.1) is 22.6 Å². The van der Waals surface area contributed by atoms with E-state index in [1.54, 1.807) is 42.0 Å². The highest BCUT2D eigenvalue weighted by atomic mass is 16.2. The van der Waals surface area contributed by atoms with Gasteiger partial charge in [0.25, 0.3) is 11.8 Å². The zero-order valence-corrected chi connectivity index (χ0v) is 18.2. The molecular formula is C23H24N6O2. The second kappa shape index (κ2) is 6.73. The van der Waals surface area contributed by atoms with Gasteiger partial charge in [-0.2, -0.15) is 0 Å². The summed E-state index contributed by atoms with van der Waals surface area (Å²) in [5.41, 5.74) is 4.67. The summed E-state index contributed by atoms with van der Waals surface area (Å²) >= 11 is 0. The normalized spacial score (nSPS) is 15.0. The number of carbonyl (C=O) groups is 2. The third-order valence-corrected chi connectivity index (χ3v) is 6.10. The summed E-state index contributed by atoms with van der Waals surface area (Å²) in [5, 5.41) is 5.52. The van der Waals surface area contributed by atoms with E-state index in [1.807, 2.05) is 0 Å². The van der Waals surface area contributed by atoms with E-state index in [0.29, 0.717) is 28.5 Å². The molecule has 0 saturated carbocycles. The van der Waals surface area contributed by atoms with Gasteiger partial charge in [0.15, 0.2) is 11.5 Å². The van der Waals surface area contributed by atoms with Crippen molar-refractivity contribution in [2.75, 3.05) is 0 Å². The van der Waals surface area contributed by atoms with Crippen molar-refractivity contribution in [1.29, 1.82) is 0 Å². The molecule has 8 nitrogen and oxygen atoms in total. The summed E-state index contributed by atoms with van der Waals surface area (Å²) in [6, 6.07) is 6.28. The van der Waals surface area contributed by atoms with E-state index >= 15 is 0 Å². The van der Waals surface area contributed by atoms with Crippen molar-refractivity contribution in [2.24, 2.45) is 5.92 Å². The molecule has 2 amide bonds. The number of benzene rings is 1. The van der Waals surface area contributed by atoms with E-state index in [0.717, 1.165) is 28.8 Å². The van der Waals surface area contributed by atoms with Crippen LogP contribution in [0.1, 0.15) is 64.6 Å². The SMILES string of the molecule is Cc1c(C)n(CC(C)C)c2ncn3nc([C@@H](C)N4C(=O)c5ccccc5C4=O)nc3c12.